The number of rotatable bonds is 5. The molecule has 1 heterocycles. The Labute approximate surface area is 112 Å². The highest BCUT2D eigenvalue weighted by atomic mass is 32.2. The highest BCUT2D eigenvalue weighted by Crippen LogP contribution is 2.31. The lowest BCUT2D eigenvalue weighted by Gasteiger charge is -2.08. The molecular weight excluding hydrogens is 266 g/mol. The number of para-hydroxylation sites is 1. The minimum atomic E-state index is -3.27. The molecule has 0 radical (unpaired) electrons. The third-order valence-corrected chi connectivity index (χ3v) is 3.43. The zero-order chi connectivity index (χ0) is 14.0. The van der Waals surface area contributed by atoms with Crippen LogP contribution in [0.1, 0.15) is 25.6 Å². The normalized spacial score (nSPS) is 13.6. The predicted molar refractivity (Wildman–Crippen MR) is 73.8 cm³/mol. The van der Waals surface area contributed by atoms with Gasteiger partial charge in [0.2, 0.25) is 10.0 Å². The van der Waals surface area contributed by atoms with Gasteiger partial charge < -0.3 is 9.15 Å². The second-order valence-electron chi connectivity index (χ2n) is 4.37. The molecule has 2 rings (SSSR count). The van der Waals surface area contributed by atoms with Gasteiger partial charge in [-0.3, -0.25) is 0 Å². The minimum absolute atomic E-state index is 0.420. The van der Waals surface area contributed by atoms with Crippen LogP contribution >= 0.6 is 0 Å². The Bertz CT molecular complexity index is 675. The van der Waals surface area contributed by atoms with Crippen molar-refractivity contribution in [2.24, 2.45) is 0 Å². The van der Waals surface area contributed by atoms with Crippen LogP contribution in [-0.4, -0.2) is 21.3 Å². The Balaban J connectivity index is 2.38. The number of hydrogen-bond donors (Lipinski definition) is 1. The van der Waals surface area contributed by atoms with E-state index in [2.05, 4.69) is 4.72 Å². The zero-order valence-electron chi connectivity index (χ0n) is 11.1. The Kier molecular flexibility index (Phi) is 3.82. The highest BCUT2D eigenvalue weighted by Gasteiger charge is 2.17. The summed E-state index contributed by atoms with van der Waals surface area (Å²) in [5.41, 5.74) is 0.640. The van der Waals surface area contributed by atoms with Crippen LogP contribution in [0.15, 0.2) is 28.7 Å². The summed E-state index contributed by atoms with van der Waals surface area (Å²) in [6, 6.07) is 7.00. The molecule has 0 amide bonds. The van der Waals surface area contributed by atoms with Gasteiger partial charge in [-0.25, -0.2) is 13.1 Å². The monoisotopic (exact) mass is 283 g/mol. The van der Waals surface area contributed by atoms with Gasteiger partial charge in [0.15, 0.2) is 11.3 Å². The summed E-state index contributed by atoms with van der Waals surface area (Å²) in [5.74, 6) is 1.23. The van der Waals surface area contributed by atoms with Crippen LogP contribution in [0.25, 0.3) is 11.0 Å². The van der Waals surface area contributed by atoms with E-state index in [-0.39, 0.29) is 0 Å². The molecule has 0 aliphatic rings. The summed E-state index contributed by atoms with van der Waals surface area (Å²) < 4.78 is 36.1. The maximum atomic E-state index is 11.2. The van der Waals surface area contributed by atoms with E-state index in [1.54, 1.807) is 6.92 Å². The number of ether oxygens (including phenoxy) is 1. The summed E-state index contributed by atoms with van der Waals surface area (Å²) in [7, 11) is -3.27. The van der Waals surface area contributed by atoms with Gasteiger partial charge in [-0.05, 0) is 26.0 Å². The quantitative estimate of drug-likeness (QED) is 0.915. The number of nitrogens with one attached hydrogen (secondary N) is 1. The summed E-state index contributed by atoms with van der Waals surface area (Å²) in [6.07, 6.45) is 1.12. The van der Waals surface area contributed by atoms with Crippen molar-refractivity contribution in [3.63, 3.8) is 0 Å². The molecule has 0 spiro atoms. The van der Waals surface area contributed by atoms with Gasteiger partial charge in [0.05, 0.1) is 18.9 Å². The number of fused-ring (bicyclic) bond motifs is 1. The molecule has 0 aliphatic carbocycles. The van der Waals surface area contributed by atoms with Gasteiger partial charge in [-0.2, -0.15) is 0 Å². The molecule has 2 aromatic rings. The molecule has 1 unspecified atom stereocenters. The van der Waals surface area contributed by atoms with Crippen LogP contribution in [0, 0.1) is 0 Å². The fourth-order valence-corrected chi connectivity index (χ4v) is 2.68. The van der Waals surface area contributed by atoms with Gasteiger partial charge in [-0.15, -0.1) is 0 Å². The second-order valence-corrected chi connectivity index (χ2v) is 6.15. The summed E-state index contributed by atoms with van der Waals surface area (Å²) in [4.78, 5) is 0. The lowest BCUT2D eigenvalue weighted by Crippen LogP contribution is -2.24. The van der Waals surface area contributed by atoms with Crippen LogP contribution in [0.3, 0.4) is 0 Å². The second kappa shape index (κ2) is 5.22. The lowest BCUT2D eigenvalue weighted by molar-refractivity contribution is 0.336. The summed E-state index contributed by atoms with van der Waals surface area (Å²) in [5, 5.41) is 0.892. The molecule has 0 fully saturated rings. The minimum Gasteiger partial charge on any atom is -0.490 e. The molecule has 5 nitrogen and oxygen atoms in total. The van der Waals surface area contributed by atoms with E-state index >= 15 is 0 Å². The van der Waals surface area contributed by atoms with Gasteiger partial charge in [0.25, 0.3) is 0 Å². The van der Waals surface area contributed by atoms with Crippen LogP contribution in [-0.2, 0) is 10.0 Å². The highest BCUT2D eigenvalue weighted by molar-refractivity contribution is 7.88. The van der Waals surface area contributed by atoms with Crippen molar-refractivity contribution in [1.82, 2.24) is 4.72 Å². The Hall–Kier alpha value is -1.53. The standard InChI is InChI=1S/C13H17NO4S/c1-4-17-11-7-5-6-10-8-12(18-13(10)11)9(2)14-19(3,15)16/h5-9,14H,4H2,1-3H3. The van der Waals surface area contributed by atoms with E-state index in [4.69, 9.17) is 9.15 Å². The smallest absolute Gasteiger partial charge is 0.209 e. The van der Waals surface area contributed by atoms with Crippen LogP contribution in [0.2, 0.25) is 0 Å². The van der Waals surface area contributed by atoms with Crippen molar-refractivity contribution in [2.75, 3.05) is 12.9 Å². The average Bonchev–Trinajstić information content (AvgIpc) is 2.72. The molecule has 104 valence electrons. The van der Waals surface area contributed by atoms with Crippen LogP contribution < -0.4 is 9.46 Å². The fourth-order valence-electron chi connectivity index (χ4n) is 1.92. The van der Waals surface area contributed by atoms with Gasteiger partial charge in [-0.1, -0.05) is 12.1 Å². The SMILES string of the molecule is CCOc1cccc2cc(C(C)NS(C)(=O)=O)oc12. The molecule has 19 heavy (non-hydrogen) atoms. The molecule has 1 N–H and O–H groups in total. The maximum absolute atomic E-state index is 11.2. The fraction of sp³-hybridized carbons (Fsp3) is 0.385. The molecule has 0 bridgehead atoms. The molecule has 6 heteroatoms. The first kappa shape index (κ1) is 13.9. The van der Waals surface area contributed by atoms with Crippen molar-refractivity contribution in [3.8, 4) is 5.75 Å². The van der Waals surface area contributed by atoms with Crippen molar-refractivity contribution in [3.05, 3.63) is 30.0 Å². The van der Waals surface area contributed by atoms with E-state index in [9.17, 15) is 8.42 Å². The topological polar surface area (TPSA) is 68.5 Å². The first-order valence-electron chi connectivity index (χ1n) is 6.03. The van der Waals surface area contributed by atoms with Crippen LogP contribution in [0.4, 0.5) is 0 Å². The predicted octanol–water partition coefficient (Wildman–Crippen LogP) is 2.44. The molecule has 0 saturated carbocycles. The third-order valence-electron chi connectivity index (χ3n) is 2.64. The van der Waals surface area contributed by atoms with Crippen molar-refractivity contribution < 1.29 is 17.6 Å². The lowest BCUT2D eigenvalue weighted by atomic mass is 10.2. The van der Waals surface area contributed by atoms with Crippen molar-refractivity contribution >= 4 is 21.0 Å². The summed E-state index contributed by atoms with van der Waals surface area (Å²) in [6.45, 7) is 4.18. The Morgan fingerprint density at radius 2 is 2.16 bits per heavy atom. The van der Waals surface area contributed by atoms with E-state index in [1.165, 1.54) is 0 Å². The van der Waals surface area contributed by atoms with E-state index in [1.807, 2.05) is 31.2 Å². The number of furan rings is 1. The molecular formula is C13H17NO4S. The zero-order valence-corrected chi connectivity index (χ0v) is 12.0. The van der Waals surface area contributed by atoms with Gasteiger partial charge in [0.1, 0.15) is 5.76 Å². The van der Waals surface area contributed by atoms with Crippen LogP contribution in [0.5, 0.6) is 5.75 Å². The van der Waals surface area contributed by atoms with Gasteiger partial charge in [0, 0.05) is 5.39 Å². The van der Waals surface area contributed by atoms with E-state index in [0.29, 0.717) is 23.7 Å². The first-order valence-corrected chi connectivity index (χ1v) is 7.92. The number of hydrogen-bond acceptors (Lipinski definition) is 4. The van der Waals surface area contributed by atoms with E-state index in [0.717, 1.165) is 11.6 Å². The first-order chi connectivity index (χ1) is 8.90. The van der Waals surface area contributed by atoms with E-state index < -0.39 is 16.1 Å². The Morgan fingerprint density at radius 1 is 1.42 bits per heavy atom. The third kappa shape index (κ3) is 3.27. The number of benzene rings is 1. The maximum Gasteiger partial charge on any atom is 0.209 e. The summed E-state index contributed by atoms with van der Waals surface area (Å²) >= 11 is 0. The van der Waals surface area contributed by atoms with Crippen molar-refractivity contribution in [2.45, 2.75) is 19.9 Å². The molecule has 0 aliphatic heterocycles. The molecule has 1 aromatic carbocycles. The number of sulfonamides is 1. The average molecular weight is 283 g/mol. The molecule has 1 atom stereocenters. The Morgan fingerprint density at radius 3 is 2.79 bits per heavy atom. The van der Waals surface area contributed by atoms with Gasteiger partial charge >= 0.3 is 0 Å². The largest absolute Gasteiger partial charge is 0.490 e. The van der Waals surface area contributed by atoms with Crippen molar-refractivity contribution in [1.29, 1.82) is 0 Å². The molecule has 0 saturated heterocycles. The molecule has 1 aromatic heterocycles.